The molecule has 1 aliphatic rings. The Morgan fingerprint density at radius 3 is 2.68 bits per heavy atom. The standard InChI is InChI=1S/C15H23ClN4O2/c1-15(2,3)22-14(21)20-6-4-11(5-7-20)8-18-13-10-17-9-12(16)19-13/h9-11H,4-8H2,1-3H3,(H,18,19). The Morgan fingerprint density at radius 2 is 2.09 bits per heavy atom. The van der Waals surface area contributed by atoms with Gasteiger partial charge in [-0.15, -0.1) is 0 Å². The summed E-state index contributed by atoms with van der Waals surface area (Å²) in [6.45, 7) is 7.90. The number of hydrogen-bond acceptors (Lipinski definition) is 5. The molecule has 7 heteroatoms. The van der Waals surface area contributed by atoms with Gasteiger partial charge in [-0.2, -0.15) is 0 Å². The van der Waals surface area contributed by atoms with Crippen LogP contribution in [0.2, 0.25) is 5.15 Å². The highest BCUT2D eigenvalue weighted by atomic mass is 35.5. The molecule has 0 aliphatic carbocycles. The number of likely N-dealkylation sites (tertiary alicyclic amines) is 1. The normalized spacial score (nSPS) is 16.5. The Kier molecular flexibility index (Phi) is 5.45. The van der Waals surface area contributed by atoms with Crippen LogP contribution in [-0.4, -0.2) is 46.2 Å². The molecule has 1 saturated heterocycles. The zero-order valence-electron chi connectivity index (χ0n) is 13.3. The number of anilines is 1. The van der Waals surface area contributed by atoms with Crippen molar-refractivity contribution in [3.8, 4) is 0 Å². The maximum absolute atomic E-state index is 12.0. The molecule has 122 valence electrons. The molecule has 1 aromatic heterocycles. The fourth-order valence-electron chi connectivity index (χ4n) is 2.32. The minimum absolute atomic E-state index is 0.223. The van der Waals surface area contributed by atoms with E-state index in [1.165, 1.54) is 6.20 Å². The highest BCUT2D eigenvalue weighted by Crippen LogP contribution is 2.20. The Morgan fingerprint density at radius 1 is 1.41 bits per heavy atom. The summed E-state index contributed by atoms with van der Waals surface area (Å²) in [5, 5.41) is 3.62. The number of nitrogens with zero attached hydrogens (tertiary/aromatic N) is 3. The maximum Gasteiger partial charge on any atom is 0.410 e. The Labute approximate surface area is 136 Å². The molecule has 1 N–H and O–H groups in total. The maximum atomic E-state index is 12.0. The Bertz CT molecular complexity index is 511. The topological polar surface area (TPSA) is 67.3 Å². The van der Waals surface area contributed by atoms with Crippen LogP contribution in [0, 0.1) is 5.92 Å². The van der Waals surface area contributed by atoms with Gasteiger partial charge in [0.2, 0.25) is 0 Å². The van der Waals surface area contributed by atoms with Gasteiger partial charge >= 0.3 is 6.09 Å². The smallest absolute Gasteiger partial charge is 0.410 e. The van der Waals surface area contributed by atoms with Crippen molar-refractivity contribution in [2.45, 2.75) is 39.2 Å². The van der Waals surface area contributed by atoms with Crippen LogP contribution < -0.4 is 5.32 Å². The third kappa shape index (κ3) is 5.33. The van der Waals surface area contributed by atoms with Crippen LogP contribution in [0.15, 0.2) is 12.4 Å². The Hall–Kier alpha value is -1.56. The number of carbonyl (C=O) groups excluding carboxylic acids is 1. The molecule has 0 aromatic carbocycles. The van der Waals surface area contributed by atoms with E-state index in [-0.39, 0.29) is 6.09 Å². The second-order valence-corrected chi connectivity index (χ2v) is 6.91. The summed E-state index contributed by atoms with van der Waals surface area (Å²) in [6, 6.07) is 0. The molecule has 2 heterocycles. The second kappa shape index (κ2) is 7.13. The van der Waals surface area contributed by atoms with Gasteiger partial charge in [0, 0.05) is 19.6 Å². The summed E-state index contributed by atoms with van der Waals surface area (Å²) in [7, 11) is 0. The molecule has 1 aromatic rings. The van der Waals surface area contributed by atoms with E-state index >= 15 is 0 Å². The van der Waals surface area contributed by atoms with E-state index in [4.69, 9.17) is 16.3 Å². The molecule has 0 spiro atoms. The number of aromatic nitrogens is 2. The molecule has 6 nitrogen and oxygen atoms in total. The number of ether oxygens (including phenoxy) is 1. The van der Waals surface area contributed by atoms with Crippen LogP contribution in [0.25, 0.3) is 0 Å². The van der Waals surface area contributed by atoms with Crippen molar-refractivity contribution in [2.24, 2.45) is 5.92 Å². The first-order valence-corrected chi connectivity index (χ1v) is 7.90. The lowest BCUT2D eigenvalue weighted by Crippen LogP contribution is -2.42. The highest BCUT2D eigenvalue weighted by molar-refractivity contribution is 6.29. The van der Waals surface area contributed by atoms with Crippen LogP contribution >= 0.6 is 11.6 Å². The average molecular weight is 327 g/mol. The summed E-state index contributed by atoms with van der Waals surface area (Å²) in [4.78, 5) is 21.9. The molecule has 0 unspecified atom stereocenters. The first-order valence-electron chi connectivity index (χ1n) is 7.53. The van der Waals surface area contributed by atoms with Crippen molar-refractivity contribution in [1.29, 1.82) is 0 Å². The summed E-state index contributed by atoms with van der Waals surface area (Å²) < 4.78 is 5.39. The van der Waals surface area contributed by atoms with Crippen molar-refractivity contribution in [3.05, 3.63) is 17.5 Å². The number of nitrogens with one attached hydrogen (secondary N) is 1. The fourth-order valence-corrected chi connectivity index (χ4v) is 2.47. The highest BCUT2D eigenvalue weighted by Gasteiger charge is 2.26. The fraction of sp³-hybridized carbons (Fsp3) is 0.667. The minimum Gasteiger partial charge on any atom is -0.444 e. The van der Waals surface area contributed by atoms with Crippen molar-refractivity contribution < 1.29 is 9.53 Å². The van der Waals surface area contributed by atoms with Crippen LogP contribution in [0.4, 0.5) is 10.6 Å². The van der Waals surface area contributed by atoms with Gasteiger partial charge < -0.3 is 15.0 Å². The van der Waals surface area contributed by atoms with Gasteiger partial charge in [-0.05, 0) is 39.5 Å². The molecule has 0 radical (unpaired) electrons. The largest absolute Gasteiger partial charge is 0.444 e. The van der Waals surface area contributed by atoms with Crippen molar-refractivity contribution in [2.75, 3.05) is 25.0 Å². The predicted molar refractivity (Wildman–Crippen MR) is 86.1 cm³/mol. The summed E-state index contributed by atoms with van der Waals surface area (Å²) in [6.07, 6.45) is 4.83. The monoisotopic (exact) mass is 326 g/mol. The Balaban J connectivity index is 1.74. The third-order valence-electron chi connectivity index (χ3n) is 3.44. The van der Waals surface area contributed by atoms with E-state index in [9.17, 15) is 4.79 Å². The van der Waals surface area contributed by atoms with Crippen LogP contribution in [0.5, 0.6) is 0 Å². The van der Waals surface area contributed by atoms with E-state index < -0.39 is 5.60 Å². The molecule has 0 atom stereocenters. The lowest BCUT2D eigenvalue weighted by Gasteiger charge is -2.33. The van der Waals surface area contributed by atoms with E-state index in [1.54, 1.807) is 11.1 Å². The summed E-state index contributed by atoms with van der Waals surface area (Å²) in [5.41, 5.74) is -0.444. The SMILES string of the molecule is CC(C)(C)OC(=O)N1CCC(CNc2cncc(Cl)n2)CC1. The molecular weight excluding hydrogens is 304 g/mol. The molecule has 22 heavy (non-hydrogen) atoms. The van der Waals surface area contributed by atoms with Gasteiger partial charge in [-0.3, -0.25) is 4.98 Å². The zero-order valence-corrected chi connectivity index (χ0v) is 14.1. The minimum atomic E-state index is -0.444. The first-order chi connectivity index (χ1) is 10.3. The summed E-state index contributed by atoms with van der Waals surface area (Å²) in [5.74, 6) is 1.18. The number of rotatable bonds is 3. The number of halogens is 1. The van der Waals surface area contributed by atoms with Crippen LogP contribution in [0.3, 0.4) is 0 Å². The van der Waals surface area contributed by atoms with Crippen molar-refractivity contribution >= 4 is 23.5 Å². The zero-order chi connectivity index (χ0) is 16.2. The van der Waals surface area contributed by atoms with Gasteiger partial charge in [0.15, 0.2) is 0 Å². The lowest BCUT2D eigenvalue weighted by molar-refractivity contribution is 0.0188. The van der Waals surface area contributed by atoms with Crippen LogP contribution in [-0.2, 0) is 4.74 Å². The number of piperidine rings is 1. The van der Waals surface area contributed by atoms with Gasteiger partial charge in [0.25, 0.3) is 0 Å². The average Bonchev–Trinajstić information content (AvgIpc) is 2.44. The first kappa shape index (κ1) is 16.8. The lowest BCUT2D eigenvalue weighted by atomic mass is 9.97. The van der Waals surface area contributed by atoms with E-state index in [0.29, 0.717) is 16.9 Å². The van der Waals surface area contributed by atoms with E-state index in [1.807, 2.05) is 20.8 Å². The summed E-state index contributed by atoms with van der Waals surface area (Å²) >= 11 is 5.80. The molecule has 0 bridgehead atoms. The predicted octanol–water partition coefficient (Wildman–Crippen LogP) is 3.19. The quantitative estimate of drug-likeness (QED) is 0.924. The number of hydrogen-bond donors (Lipinski definition) is 1. The van der Waals surface area contributed by atoms with Crippen LogP contribution in [0.1, 0.15) is 33.6 Å². The van der Waals surface area contributed by atoms with Crippen molar-refractivity contribution in [3.63, 3.8) is 0 Å². The molecule has 1 amide bonds. The van der Waals surface area contributed by atoms with Crippen molar-refractivity contribution in [1.82, 2.24) is 14.9 Å². The van der Waals surface area contributed by atoms with Gasteiger partial charge in [-0.1, -0.05) is 11.6 Å². The number of carbonyl (C=O) groups is 1. The molecule has 0 saturated carbocycles. The molecule has 2 rings (SSSR count). The molecule has 1 aliphatic heterocycles. The van der Waals surface area contributed by atoms with Gasteiger partial charge in [0.1, 0.15) is 16.6 Å². The molecular formula is C15H23ClN4O2. The van der Waals surface area contributed by atoms with Gasteiger partial charge in [0.05, 0.1) is 12.4 Å². The molecule has 1 fully saturated rings. The van der Waals surface area contributed by atoms with E-state index in [0.717, 1.165) is 32.5 Å². The van der Waals surface area contributed by atoms with Gasteiger partial charge in [-0.25, -0.2) is 9.78 Å². The second-order valence-electron chi connectivity index (χ2n) is 6.52. The number of amides is 1. The third-order valence-corrected chi connectivity index (χ3v) is 3.63. The van der Waals surface area contributed by atoms with E-state index in [2.05, 4.69) is 15.3 Å².